The number of aliphatic hydroxyl groups excluding tert-OH is 20. The molecule has 0 radical (unpaired) electrons. The number of carboxylic acid groups (broad SMARTS) is 1. The van der Waals surface area contributed by atoms with Crippen molar-refractivity contribution in [2.24, 2.45) is 0 Å². The van der Waals surface area contributed by atoms with Crippen LogP contribution in [0, 0.1) is 0 Å². The largest absolute Gasteiger partial charge is 0.481 e. The molecular formula is C45H74O37. The summed E-state index contributed by atoms with van der Waals surface area (Å²) in [6.45, 7) is -7.60. The van der Waals surface area contributed by atoms with Gasteiger partial charge >= 0.3 is 5.97 Å². The Morgan fingerprint density at radius 1 is 0.268 bits per heavy atom. The number of carboxylic acids is 1. The second-order valence-electron chi connectivity index (χ2n) is 20.7. The molecule has 0 unspecified atom stereocenters. The number of rotatable bonds is 11. The average Bonchev–Trinajstić information content (AvgIpc) is 3.67. The third-order valence-electron chi connectivity index (χ3n) is 15.3. The number of hydrogen-bond donors (Lipinski definition) is 21. The summed E-state index contributed by atoms with van der Waals surface area (Å²) in [6.07, 6.45) is -71.7. The lowest BCUT2D eigenvalue weighted by Crippen LogP contribution is -2.68. The van der Waals surface area contributed by atoms with Crippen molar-refractivity contribution < 1.29 is 183 Å². The molecule has 0 saturated carbocycles. The van der Waals surface area contributed by atoms with E-state index < -0.39 is 280 Å². The smallest absolute Gasteiger partial charge is 0.305 e. The van der Waals surface area contributed by atoms with Gasteiger partial charge in [0.25, 0.3) is 0 Å². The van der Waals surface area contributed by atoms with Crippen molar-refractivity contribution >= 4 is 5.97 Å². The SMILES string of the molecule is O=C(O)CCOC[C@H]1O[C@@H]2O[C@H]3[C@H](O)[C@@H](O)[C@@H](O[C@H]4[C@H](O)[C@@H](O)[C@@H](O[C@H]5[C@H](O)[C@@H](O)[C@@H](O[C@H]6[C@H](O)[C@@H](O)[C@@H](O[C@H]7[C@H](O)[C@@H](O)[C@@H](O[C@H]8[C@H](O)[C@@H](O)[C@@H](O[C@H]1[C@H](O)[C@H]2O)O[C@@H]8CO)O[C@@H]7CO)O[C@@H]6CO)O[C@@H]5CO)O[C@@H]4CO)O[C@@H]3CO. The van der Waals surface area contributed by atoms with Crippen LogP contribution in [0.1, 0.15) is 6.42 Å². The van der Waals surface area contributed by atoms with E-state index in [1.807, 2.05) is 0 Å². The quantitative estimate of drug-likeness (QED) is 0.0854. The molecule has 21 heterocycles. The van der Waals surface area contributed by atoms with E-state index in [2.05, 4.69) is 0 Å². The third-order valence-corrected chi connectivity index (χ3v) is 15.3. The average molecular weight is 1210 g/mol. The molecule has 0 amide bonds. The Bertz CT molecular complexity index is 1970. The Balaban J connectivity index is 1.09. The lowest BCUT2D eigenvalue weighted by atomic mass is 9.95. The van der Waals surface area contributed by atoms with E-state index in [1.165, 1.54) is 0 Å². The van der Waals surface area contributed by atoms with Crippen molar-refractivity contribution in [1.29, 1.82) is 0 Å². The molecule has 0 aromatic carbocycles. The molecule has 0 spiro atoms. The Labute approximate surface area is 462 Å². The Kier molecular flexibility index (Phi) is 22.9. The first kappa shape index (κ1) is 66.0. The maximum atomic E-state index is 11.6. The van der Waals surface area contributed by atoms with Crippen molar-refractivity contribution in [2.45, 2.75) is 221 Å². The van der Waals surface area contributed by atoms with Gasteiger partial charge in [-0.2, -0.15) is 0 Å². The summed E-state index contributed by atoms with van der Waals surface area (Å²) in [5.74, 6) is -1.30. The van der Waals surface area contributed by atoms with Crippen molar-refractivity contribution in [1.82, 2.24) is 0 Å². The molecule has 37 nitrogen and oxygen atoms in total. The second-order valence-corrected chi connectivity index (χ2v) is 20.7. The van der Waals surface area contributed by atoms with E-state index >= 15 is 0 Å². The first-order valence-electron chi connectivity index (χ1n) is 26.2. The zero-order valence-corrected chi connectivity index (χ0v) is 43.0. The highest BCUT2D eigenvalue weighted by Crippen LogP contribution is 2.39. The van der Waals surface area contributed by atoms with Crippen LogP contribution in [0.15, 0.2) is 0 Å². The molecule has 21 N–H and O–H groups in total. The summed E-state index contributed by atoms with van der Waals surface area (Å²) < 4.78 is 85.7. The lowest BCUT2D eigenvalue weighted by Gasteiger charge is -2.50. The van der Waals surface area contributed by atoms with Crippen molar-refractivity contribution in [2.75, 3.05) is 52.9 Å². The van der Waals surface area contributed by atoms with Crippen LogP contribution in [-0.2, 0) is 75.8 Å². The molecule has 35 atom stereocenters. The predicted octanol–water partition coefficient (Wildman–Crippen LogP) is -14.7. The molecular weight excluding hydrogens is 1130 g/mol. The zero-order chi connectivity index (χ0) is 59.8. The van der Waals surface area contributed by atoms with Crippen LogP contribution in [0.25, 0.3) is 0 Å². The maximum absolute atomic E-state index is 11.6. The molecule has 0 aliphatic carbocycles. The molecule has 21 aliphatic rings. The van der Waals surface area contributed by atoms with Gasteiger partial charge in [0.05, 0.1) is 59.3 Å². The molecule has 0 aromatic rings. The topological polar surface area (TPSA) is 580 Å². The van der Waals surface area contributed by atoms with Crippen LogP contribution < -0.4 is 0 Å². The van der Waals surface area contributed by atoms with Gasteiger partial charge in [0, 0.05) is 0 Å². The van der Waals surface area contributed by atoms with E-state index in [4.69, 9.17) is 71.1 Å². The van der Waals surface area contributed by atoms with Crippen LogP contribution in [0.4, 0.5) is 0 Å². The van der Waals surface area contributed by atoms with Crippen LogP contribution in [0.5, 0.6) is 0 Å². The number of aliphatic carboxylic acids is 1. The van der Waals surface area contributed by atoms with Crippen LogP contribution in [0.2, 0.25) is 0 Å². The predicted molar refractivity (Wildman–Crippen MR) is 244 cm³/mol. The fourth-order valence-corrected chi connectivity index (χ4v) is 10.8. The Morgan fingerprint density at radius 2 is 0.439 bits per heavy atom. The summed E-state index contributed by atoms with van der Waals surface area (Å²) in [5, 5.41) is 231. The van der Waals surface area contributed by atoms with Crippen LogP contribution >= 0.6 is 0 Å². The van der Waals surface area contributed by atoms with Crippen molar-refractivity contribution in [3.63, 3.8) is 0 Å². The van der Waals surface area contributed by atoms with Gasteiger partial charge < -0.3 is 178 Å². The Hall–Kier alpha value is -1.93. The summed E-state index contributed by atoms with van der Waals surface area (Å²) in [7, 11) is 0. The minimum atomic E-state index is -2.25. The molecule has 0 aromatic heterocycles. The number of aliphatic hydroxyl groups is 20. The highest BCUT2D eigenvalue weighted by Gasteiger charge is 2.59. The number of ether oxygens (including phenoxy) is 15. The van der Waals surface area contributed by atoms with E-state index in [1.54, 1.807) is 0 Å². The van der Waals surface area contributed by atoms with Crippen molar-refractivity contribution in [3.8, 4) is 0 Å². The van der Waals surface area contributed by atoms with Gasteiger partial charge in [-0.05, 0) is 0 Å². The molecule has 476 valence electrons. The lowest BCUT2D eigenvalue weighted by molar-refractivity contribution is -0.397. The molecule has 82 heavy (non-hydrogen) atoms. The number of hydrogen-bond acceptors (Lipinski definition) is 36. The minimum Gasteiger partial charge on any atom is -0.481 e. The van der Waals surface area contributed by atoms with Crippen LogP contribution in [-0.4, -0.2) is 381 Å². The van der Waals surface area contributed by atoms with E-state index in [0.29, 0.717) is 0 Å². The maximum Gasteiger partial charge on any atom is 0.305 e. The van der Waals surface area contributed by atoms with Gasteiger partial charge in [0.2, 0.25) is 0 Å². The summed E-state index contributed by atoms with van der Waals surface area (Å²) in [4.78, 5) is 11.3. The third kappa shape index (κ3) is 13.5. The fraction of sp³-hybridized carbons (Fsp3) is 0.978. The van der Waals surface area contributed by atoms with Gasteiger partial charge in [0.1, 0.15) is 171 Å². The van der Waals surface area contributed by atoms with Gasteiger partial charge in [-0.25, -0.2) is 0 Å². The molecule has 21 rings (SSSR count). The summed E-state index contributed by atoms with van der Waals surface area (Å²) >= 11 is 0. The molecule has 37 heteroatoms. The van der Waals surface area contributed by atoms with E-state index in [9.17, 15) is 112 Å². The normalized spacial score (nSPS) is 52.7. The summed E-state index contributed by atoms with van der Waals surface area (Å²) in [6, 6.07) is 0. The highest BCUT2D eigenvalue weighted by atomic mass is 16.8. The van der Waals surface area contributed by atoms with Gasteiger partial charge in [-0.1, -0.05) is 0 Å². The van der Waals surface area contributed by atoms with E-state index in [0.717, 1.165) is 0 Å². The monoisotopic (exact) mass is 1210 g/mol. The Morgan fingerprint density at radius 3 is 0.610 bits per heavy atom. The first-order chi connectivity index (χ1) is 39.0. The van der Waals surface area contributed by atoms with Gasteiger partial charge in [0.15, 0.2) is 44.0 Å². The van der Waals surface area contributed by atoms with E-state index in [-0.39, 0.29) is 0 Å². The number of carbonyl (C=O) groups is 1. The fourth-order valence-electron chi connectivity index (χ4n) is 10.8. The molecule has 21 saturated heterocycles. The highest BCUT2D eigenvalue weighted by molar-refractivity contribution is 5.66. The second kappa shape index (κ2) is 28.5. The minimum absolute atomic E-state index is 0.489. The first-order valence-corrected chi connectivity index (χ1v) is 26.2. The van der Waals surface area contributed by atoms with Gasteiger partial charge in [-0.3, -0.25) is 4.79 Å². The zero-order valence-electron chi connectivity index (χ0n) is 43.0. The summed E-state index contributed by atoms with van der Waals surface area (Å²) in [5.41, 5.74) is 0. The van der Waals surface area contributed by atoms with Crippen LogP contribution in [0.3, 0.4) is 0 Å². The molecule has 21 aliphatic heterocycles. The van der Waals surface area contributed by atoms with Gasteiger partial charge in [-0.15, -0.1) is 0 Å². The van der Waals surface area contributed by atoms with Crippen molar-refractivity contribution in [3.05, 3.63) is 0 Å². The standard InChI is InChI=1S/C45H74O37/c46-3-10-32-19(55)26(62)40(70-10)78-34-12(5-48)72-42(28(64)21(34)57)80-36-14(7-50)74-44(30(66)23(36)59)82-38-16(9-68-2-1-17(52)53)75-45(31(67)24(38)60)81-37-15(8-51)73-43(29(65)22(37)58)79-35-13(6-49)71-41(27(63)20(35)56)77-33-11(4-47)69-39(76-32)25(61)18(33)54/h10-16,18-51,54-67H,1-9H2,(H,52,53)/t10-,11-,12-,13-,14-,15-,16-,18-,19-,20-,21-,22-,23-,24-,25-,26-,27-,28-,29-,30-,31-,32-,33-,34-,35-,36-,37-,38-,39-,40-,41-,42-,43-,44-,45-/m1/s1. The molecule has 21 fully saturated rings. The molecule has 14 bridgehead atoms.